The molecule has 3 nitrogen and oxygen atoms in total. The number of hydrogen-bond acceptors (Lipinski definition) is 3. The molecule has 0 unspecified atom stereocenters. The Bertz CT molecular complexity index is 802. The Balaban J connectivity index is 1.91. The monoisotopic (exact) mass is 364 g/mol. The Morgan fingerprint density at radius 3 is 2.70 bits per heavy atom. The molecule has 1 amide bonds. The van der Waals surface area contributed by atoms with Gasteiger partial charge in [0.2, 0.25) is 0 Å². The summed E-state index contributed by atoms with van der Waals surface area (Å²) in [6, 6.07) is 6.94. The molecule has 1 aromatic carbocycles. The smallest absolute Gasteiger partial charge is 0.256 e. The third-order valence-electron chi connectivity index (χ3n) is 3.97. The van der Waals surface area contributed by atoms with Crippen LogP contribution in [0.1, 0.15) is 39.7 Å². The Kier molecular flexibility index (Phi) is 4.63. The van der Waals surface area contributed by atoms with E-state index in [0.29, 0.717) is 32.1 Å². The number of nitrogens with zero attached hydrogens (tertiary/aromatic N) is 1. The quantitative estimate of drug-likeness (QED) is 0.785. The van der Waals surface area contributed by atoms with Crippen molar-refractivity contribution in [2.75, 3.05) is 5.32 Å². The normalized spacial score (nSPS) is 16.5. The van der Waals surface area contributed by atoms with Crippen molar-refractivity contribution in [3.63, 3.8) is 0 Å². The molecule has 0 spiro atoms. The van der Waals surface area contributed by atoms with E-state index in [4.69, 9.17) is 23.2 Å². The van der Waals surface area contributed by atoms with Gasteiger partial charge in [-0.05, 0) is 48.9 Å². The number of anilines is 1. The number of aryl methyl sites for hydroxylation is 1. The summed E-state index contributed by atoms with van der Waals surface area (Å²) in [5, 5.41) is 13.8. The van der Waals surface area contributed by atoms with E-state index in [9.17, 15) is 10.1 Å². The molecule has 0 aliphatic heterocycles. The molecule has 3 rings (SSSR count). The number of nitriles is 1. The van der Waals surface area contributed by atoms with Crippen molar-refractivity contribution >= 4 is 45.4 Å². The molecule has 1 N–H and O–H groups in total. The van der Waals surface area contributed by atoms with E-state index in [0.717, 1.165) is 24.8 Å². The van der Waals surface area contributed by atoms with Crippen molar-refractivity contribution in [2.24, 2.45) is 5.92 Å². The van der Waals surface area contributed by atoms with Gasteiger partial charge in [0.15, 0.2) is 0 Å². The van der Waals surface area contributed by atoms with Gasteiger partial charge in [0.25, 0.3) is 5.91 Å². The third-order valence-corrected chi connectivity index (χ3v) is 5.61. The van der Waals surface area contributed by atoms with Crippen molar-refractivity contribution in [3.05, 3.63) is 49.8 Å². The summed E-state index contributed by atoms with van der Waals surface area (Å²) < 4.78 is 0. The van der Waals surface area contributed by atoms with E-state index in [2.05, 4.69) is 18.3 Å². The maximum atomic E-state index is 12.4. The number of fused-ring (bicyclic) bond motifs is 1. The molecule has 6 heteroatoms. The molecule has 118 valence electrons. The lowest BCUT2D eigenvalue weighted by Crippen LogP contribution is -2.12. The van der Waals surface area contributed by atoms with Gasteiger partial charge in [0.1, 0.15) is 11.1 Å². The van der Waals surface area contributed by atoms with E-state index in [1.54, 1.807) is 18.2 Å². The highest BCUT2D eigenvalue weighted by atomic mass is 35.5. The van der Waals surface area contributed by atoms with Gasteiger partial charge < -0.3 is 5.32 Å². The summed E-state index contributed by atoms with van der Waals surface area (Å²) in [5.74, 6) is 0.261. The lowest BCUT2D eigenvalue weighted by Gasteiger charge is -2.17. The molecule has 1 aromatic heterocycles. The first-order valence-electron chi connectivity index (χ1n) is 7.30. The number of carbonyl (C=O) groups is 1. The number of halogens is 2. The van der Waals surface area contributed by atoms with Crippen molar-refractivity contribution in [1.29, 1.82) is 5.26 Å². The van der Waals surface area contributed by atoms with E-state index >= 15 is 0 Å². The molecular weight excluding hydrogens is 351 g/mol. The fourth-order valence-corrected chi connectivity index (χ4v) is 4.54. The van der Waals surface area contributed by atoms with Crippen LogP contribution in [-0.4, -0.2) is 5.91 Å². The summed E-state index contributed by atoms with van der Waals surface area (Å²) >= 11 is 13.4. The Labute approximate surface area is 148 Å². The lowest BCUT2D eigenvalue weighted by molar-refractivity contribution is 0.102. The number of thiophene rings is 1. The lowest BCUT2D eigenvalue weighted by atomic mass is 9.88. The van der Waals surface area contributed by atoms with Gasteiger partial charge in [0.05, 0.1) is 5.56 Å². The molecular formula is C17H14Cl2N2OS. The summed E-state index contributed by atoms with van der Waals surface area (Å²) in [7, 11) is 0. The van der Waals surface area contributed by atoms with E-state index < -0.39 is 0 Å². The molecule has 0 radical (unpaired) electrons. The highest BCUT2D eigenvalue weighted by Crippen LogP contribution is 2.39. The van der Waals surface area contributed by atoms with E-state index in [-0.39, 0.29) is 5.91 Å². The van der Waals surface area contributed by atoms with Crippen molar-refractivity contribution in [3.8, 4) is 6.07 Å². The molecule has 1 atom stereocenters. The first kappa shape index (κ1) is 16.3. The molecule has 1 heterocycles. The van der Waals surface area contributed by atoms with Crippen LogP contribution in [0.4, 0.5) is 5.00 Å². The van der Waals surface area contributed by atoms with Gasteiger partial charge in [-0.25, -0.2) is 0 Å². The summed E-state index contributed by atoms with van der Waals surface area (Å²) in [4.78, 5) is 13.6. The second kappa shape index (κ2) is 6.52. The SMILES string of the molecule is C[C@@H]1CCc2sc(NC(=O)c3cc(Cl)cc(Cl)c3)c(C#N)c2C1. The van der Waals surface area contributed by atoms with Gasteiger partial charge in [-0.3, -0.25) is 4.79 Å². The standard InChI is InChI=1S/C17H14Cl2N2OS/c1-9-2-3-15-13(4-9)14(8-20)17(23-15)21-16(22)10-5-11(18)7-12(19)6-10/h5-7,9H,2-4H2,1H3,(H,21,22)/t9-/m1/s1. The summed E-state index contributed by atoms with van der Waals surface area (Å²) in [6.45, 7) is 2.19. The van der Waals surface area contributed by atoms with E-state index in [1.165, 1.54) is 16.2 Å². The minimum Gasteiger partial charge on any atom is -0.312 e. The minimum absolute atomic E-state index is 0.308. The van der Waals surface area contributed by atoms with Crippen LogP contribution in [0.5, 0.6) is 0 Å². The number of carbonyl (C=O) groups excluding carboxylic acids is 1. The van der Waals surface area contributed by atoms with Gasteiger partial charge in [-0.2, -0.15) is 5.26 Å². The highest BCUT2D eigenvalue weighted by molar-refractivity contribution is 7.16. The van der Waals surface area contributed by atoms with Crippen molar-refractivity contribution < 1.29 is 4.79 Å². The average Bonchev–Trinajstić information content (AvgIpc) is 2.82. The van der Waals surface area contributed by atoms with Crippen LogP contribution >= 0.6 is 34.5 Å². The van der Waals surface area contributed by atoms with Gasteiger partial charge in [0, 0.05) is 20.5 Å². The molecule has 2 aromatic rings. The second-order valence-electron chi connectivity index (χ2n) is 5.78. The number of hydrogen-bond donors (Lipinski definition) is 1. The maximum absolute atomic E-state index is 12.4. The average molecular weight is 365 g/mol. The first-order valence-corrected chi connectivity index (χ1v) is 8.87. The maximum Gasteiger partial charge on any atom is 0.256 e. The second-order valence-corrected chi connectivity index (χ2v) is 7.76. The molecule has 1 aliphatic rings. The third kappa shape index (κ3) is 3.37. The molecule has 0 fully saturated rings. The number of amides is 1. The fourth-order valence-electron chi connectivity index (χ4n) is 2.82. The Morgan fingerprint density at radius 2 is 2.04 bits per heavy atom. The minimum atomic E-state index is -0.308. The number of rotatable bonds is 2. The summed E-state index contributed by atoms with van der Waals surface area (Å²) in [6.07, 6.45) is 2.98. The van der Waals surface area contributed by atoms with Crippen molar-refractivity contribution in [1.82, 2.24) is 0 Å². The number of benzene rings is 1. The summed E-state index contributed by atoms with van der Waals surface area (Å²) in [5.41, 5.74) is 2.07. The predicted molar refractivity (Wildman–Crippen MR) is 94.6 cm³/mol. The van der Waals surface area contributed by atoms with Crippen molar-refractivity contribution in [2.45, 2.75) is 26.2 Å². The zero-order chi connectivity index (χ0) is 16.6. The highest BCUT2D eigenvalue weighted by Gasteiger charge is 2.25. The van der Waals surface area contributed by atoms with Gasteiger partial charge in [-0.1, -0.05) is 30.1 Å². The Hall–Kier alpha value is -1.54. The van der Waals surface area contributed by atoms with E-state index in [1.807, 2.05) is 0 Å². The van der Waals surface area contributed by atoms with Crippen LogP contribution in [0.25, 0.3) is 0 Å². The fraction of sp³-hybridized carbons (Fsp3) is 0.294. The topological polar surface area (TPSA) is 52.9 Å². The molecule has 0 saturated heterocycles. The molecule has 0 saturated carbocycles. The first-order chi connectivity index (χ1) is 11.0. The largest absolute Gasteiger partial charge is 0.312 e. The van der Waals surface area contributed by atoms with Crippen LogP contribution in [0.2, 0.25) is 10.0 Å². The van der Waals surface area contributed by atoms with Crippen LogP contribution in [0.3, 0.4) is 0 Å². The van der Waals surface area contributed by atoms with Crippen LogP contribution in [0, 0.1) is 17.2 Å². The molecule has 0 bridgehead atoms. The van der Waals surface area contributed by atoms with Gasteiger partial charge in [-0.15, -0.1) is 11.3 Å². The predicted octanol–water partition coefficient (Wildman–Crippen LogP) is 5.30. The van der Waals surface area contributed by atoms with Crippen LogP contribution in [-0.2, 0) is 12.8 Å². The zero-order valence-corrected chi connectivity index (χ0v) is 14.8. The number of nitrogens with one attached hydrogen (secondary N) is 1. The Morgan fingerprint density at radius 1 is 1.35 bits per heavy atom. The van der Waals surface area contributed by atoms with Gasteiger partial charge >= 0.3 is 0 Å². The molecule has 1 aliphatic carbocycles. The molecule has 23 heavy (non-hydrogen) atoms. The zero-order valence-electron chi connectivity index (χ0n) is 12.5. The van der Waals surface area contributed by atoms with Crippen LogP contribution < -0.4 is 5.32 Å². The van der Waals surface area contributed by atoms with Crippen LogP contribution in [0.15, 0.2) is 18.2 Å².